The lowest BCUT2D eigenvalue weighted by Gasteiger charge is -2.41. The van der Waals surface area contributed by atoms with Gasteiger partial charge in [0.15, 0.2) is 6.10 Å². The Balaban J connectivity index is 2.11. The monoisotopic (exact) mass is 565 g/mol. The molecule has 0 aliphatic carbocycles. The standard InChI is InChI=1S/C35H55N3O3/c1-12-40-32(39)31(41-34(7,8)9)29-25(3)37-24(2)28(30(29)38-21-18-35(10,11)19-22-38)27-15-13-26(14-16-27)23-36-20-17-33(4,5)6/h13-16,31,36H,12,17-23H2,1-11H3/t31-/m0/s1. The van der Waals surface area contributed by atoms with E-state index >= 15 is 0 Å². The molecule has 0 radical (unpaired) electrons. The van der Waals surface area contributed by atoms with E-state index in [-0.39, 0.29) is 11.4 Å². The van der Waals surface area contributed by atoms with Gasteiger partial charge in [-0.3, -0.25) is 4.98 Å². The quantitative estimate of drug-likeness (QED) is 0.233. The van der Waals surface area contributed by atoms with Crippen LogP contribution in [0.25, 0.3) is 11.1 Å². The molecule has 6 nitrogen and oxygen atoms in total. The van der Waals surface area contributed by atoms with E-state index in [1.165, 1.54) is 5.56 Å². The van der Waals surface area contributed by atoms with Crippen LogP contribution in [-0.4, -0.2) is 42.8 Å². The van der Waals surface area contributed by atoms with E-state index in [1.54, 1.807) is 0 Å². The molecule has 0 bridgehead atoms. The molecular weight excluding hydrogens is 510 g/mol. The van der Waals surface area contributed by atoms with E-state index in [9.17, 15) is 4.79 Å². The molecule has 6 heteroatoms. The van der Waals surface area contributed by atoms with Gasteiger partial charge in [0.05, 0.1) is 17.9 Å². The summed E-state index contributed by atoms with van der Waals surface area (Å²) < 4.78 is 12.0. The molecule has 2 heterocycles. The van der Waals surface area contributed by atoms with Crippen LogP contribution in [0.15, 0.2) is 24.3 Å². The molecular formula is C35H55N3O3. The number of hydrogen-bond acceptors (Lipinski definition) is 6. The molecule has 0 saturated carbocycles. The van der Waals surface area contributed by atoms with Gasteiger partial charge in [0, 0.05) is 42.1 Å². The predicted octanol–water partition coefficient (Wildman–Crippen LogP) is 7.94. The third kappa shape index (κ3) is 9.27. The molecule has 1 N–H and O–H groups in total. The highest BCUT2D eigenvalue weighted by atomic mass is 16.6. The van der Waals surface area contributed by atoms with Crippen LogP contribution in [-0.2, 0) is 20.8 Å². The topological polar surface area (TPSA) is 63.7 Å². The number of carbonyl (C=O) groups is 1. The number of ether oxygens (including phenoxy) is 2. The molecule has 41 heavy (non-hydrogen) atoms. The third-order valence-electron chi connectivity index (χ3n) is 7.87. The highest BCUT2D eigenvalue weighted by Gasteiger charge is 2.37. The number of aromatic nitrogens is 1. The SMILES string of the molecule is CCOC(=O)[C@@H](OC(C)(C)C)c1c(C)nc(C)c(-c2ccc(CNCCC(C)(C)C)cc2)c1N1CCC(C)(C)CC1. The first-order valence-corrected chi connectivity index (χ1v) is 15.4. The van der Waals surface area contributed by atoms with Gasteiger partial charge in [0.1, 0.15) is 0 Å². The van der Waals surface area contributed by atoms with E-state index in [1.807, 2.05) is 34.6 Å². The first-order valence-electron chi connectivity index (χ1n) is 15.4. The van der Waals surface area contributed by atoms with E-state index in [4.69, 9.17) is 14.5 Å². The molecule has 1 aromatic carbocycles. The van der Waals surface area contributed by atoms with Gasteiger partial charge in [-0.2, -0.15) is 0 Å². The summed E-state index contributed by atoms with van der Waals surface area (Å²) in [5.74, 6) is -0.364. The van der Waals surface area contributed by atoms with Crippen molar-refractivity contribution in [1.29, 1.82) is 0 Å². The Morgan fingerprint density at radius 3 is 2.17 bits per heavy atom. The number of rotatable bonds is 10. The van der Waals surface area contributed by atoms with Crippen molar-refractivity contribution in [2.75, 3.05) is 31.1 Å². The molecule has 1 saturated heterocycles. The fourth-order valence-electron chi connectivity index (χ4n) is 5.45. The van der Waals surface area contributed by atoms with E-state index in [2.05, 4.69) is 76.0 Å². The minimum Gasteiger partial charge on any atom is -0.464 e. The summed E-state index contributed by atoms with van der Waals surface area (Å²) in [6, 6.07) is 8.81. The molecule has 1 aliphatic heterocycles. The van der Waals surface area contributed by atoms with E-state index < -0.39 is 11.7 Å². The predicted molar refractivity (Wildman–Crippen MR) is 170 cm³/mol. The number of esters is 1. The van der Waals surface area contributed by atoms with Crippen molar-refractivity contribution >= 4 is 11.7 Å². The average Bonchev–Trinajstić information content (AvgIpc) is 2.85. The van der Waals surface area contributed by atoms with Gasteiger partial charge in [-0.05, 0) is 89.3 Å². The maximum Gasteiger partial charge on any atom is 0.340 e. The molecule has 1 atom stereocenters. The number of nitrogens with zero attached hydrogens (tertiary/aromatic N) is 2. The number of nitrogens with one attached hydrogen (secondary N) is 1. The molecule has 1 aromatic heterocycles. The lowest BCUT2D eigenvalue weighted by atomic mass is 9.81. The lowest BCUT2D eigenvalue weighted by Crippen LogP contribution is -2.39. The number of carbonyl (C=O) groups excluding carboxylic acids is 1. The number of aryl methyl sites for hydroxylation is 2. The summed E-state index contributed by atoms with van der Waals surface area (Å²) in [6.45, 7) is 27.3. The van der Waals surface area contributed by atoms with Crippen molar-refractivity contribution in [1.82, 2.24) is 10.3 Å². The maximum atomic E-state index is 13.5. The minimum absolute atomic E-state index is 0.290. The Labute approximate surface area is 249 Å². The van der Waals surface area contributed by atoms with Gasteiger partial charge in [0.25, 0.3) is 0 Å². The molecule has 1 fully saturated rings. The number of anilines is 1. The van der Waals surface area contributed by atoms with Gasteiger partial charge >= 0.3 is 5.97 Å². The Hall–Kier alpha value is -2.44. The van der Waals surface area contributed by atoms with Crippen LogP contribution in [0.4, 0.5) is 5.69 Å². The number of pyridine rings is 1. The fraction of sp³-hybridized carbons (Fsp3) is 0.657. The summed E-state index contributed by atoms with van der Waals surface area (Å²) in [5.41, 5.74) is 7.15. The fourth-order valence-corrected chi connectivity index (χ4v) is 5.45. The summed E-state index contributed by atoms with van der Waals surface area (Å²) in [4.78, 5) is 20.9. The van der Waals surface area contributed by atoms with Gasteiger partial charge in [-0.1, -0.05) is 58.9 Å². The Bertz CT molecular complexity index is 1160. The van der Waals surface area contributed by atoms with Crippen LogP contribution < -0.4 is 10.2 Å². The Kier molecular flexibility index (Phi) is 10.7. The molecule has 2 aromatic rings. The second kappa shape index (κ2) is 13.2. The highest BCUT2D eigenvalue weighted by Crippen LogP contribution is 2.45. The zero-order valence-corrected chi connectivity index (χ0v) is 27.7. The van der Waals surface area contributed by atoms with Crippen LogP contribution >= 0.6 is 0 Å². The summed E-state index contributed by atoms with van der Waals surface area (Å²) >= 11 is 0. The van der Waals surface area contributed by atoms with Crippen LogP contribution in [0, 0.1) is 24.7 Å². The third-order valence-corrected chi connectivity index (χ3v) is 7.87. The molecule has 1 aliphatic rings. The molecule has 0 spiro atoms. The second-order valence-corrected chi connectivity index (χ2v) is 14.6. The average molecular weight is 566 g/mol. The van der Waals surface area contributed by atoms with Crippen LogP contribution in [0.2, 0.25) is 0 Å². The normalized spacial score (nSPS) is 16.5. The maximum absolute atomic E-state index is 13.5. The van der Waals surface area contributed by atoms with Crippen molar-refractivity contribution < 1.29 is 14.3 Å². The number of piperidine rings is 1. The lowest BCUT2D eigenvalue weighted by molar-refractivity contribution is -0.166. The van der Waals surface area contributed by atoms with E-state index in [0.717, 1.165) is 79.2 Å². The minimum atomic E-state index is -0.863. The van der Waals surface area contributed by atoms with Crippen molar-refractivity contribution in [3.8, 4) is 11.1 Å². The summed E-state index contributed by atoms with van der Waals surface area (Å²) in [7, 11) is 0. The zero-order chi connectivity index (χ0) is 30.6. The second-order valence-electron chi connectivity index (χ2n) is 14.6. The molecule has 0 unspecified atom stereocenters. The van der Waals surface area contributed by atoms with Crippen LogP contribution in [0.1, 0.15) is 110 Å². The smallest absolute Gasteiger partial charge is 0.340 e. The largest absolute Gasteiger partial charge is 0.464 e. The van der Waals surface area contributed by atoms with Crippen molar-refractivity contribution in [3.05, 3.63) is 46.8 Å². The molecule has 0 amide bonds. The summed E-state index contributed by atoms with van der Waals surface area (Å²) in [6.07, 6.45) is 2.43. The Morgan fingerprint density at radius 2 is 1.63 bits per heavy atom. The van der Waals surface area contributed by atoms with Crippen molar-refractivity contribution in [2.45, 2.75) is 114 Å². The van der Waals surface area contributed by atoms with Gasteiger partial charge < -0.3 is 19.7 Å². The molecule has 228 valence electrons. The first kappa shape index (κ1) is 33.1. The van der Waals surface area contributed by atoms with Crippen molar-refractivity contribution in [3.63, 3.8) is 0 Å². The van der Waals surface area contributed by atoms with Crippen LogP contribution in [0.5, 0.6) is 0 Å². The van der Waals surface area contributed by atoms with E-state index in [0.29, 0.717) is 12.0 Å². The number of hydrogen-bond donors (Lipinski definition) is 1. The zero-order valence-electron chi connectivity index (χ0n) is 27.7. The van der Waals surface area contributed by atoms with Gasteiger partial charge in [-0.25, -0.2) is 4.79 Å². The first-order chi connectivity index (χ1) is 19.0. The Morgan fingerprint density at radius 1 is 1.02 bits per heavy atom. The molecule has 3 rings (SSSR count). The highest BCUT2D eigenvalue weighted by molar-refractivity contribution is 5.88. The van der Waals surface area contributed by atoms with Crippen molar-refractivity contribution in [2.24, 2.45) is 10.8 Å². The van der Waals surface area contributed by atoms with Gasteiger partial charge in [-0.15, -0.1) is 0 Å². The number of benzene rings is 1. The summed E-state index contributed by atoms with van der Waals surface area (Å²) in [5, 5.41) is 3.59. The van der Waals surface area contributed by atoms with Gasteiger partial charge in [0.2, 0.25) is 0 Å². The van der Waals surface area contributed by atoms with Crippen LogP contribution in [0.3, 0.4) is 0 Å².